The molecule has 2 N–H and O–H groups in total. The van der Waals surface area contributed by atoms with Gasteiger partial charge in [-0.3, -0.25) is 29.8 Å². The molecule has 0 spiro atoms. The molecule has 0 fully saturated rings. The molecule has 0 aliphatic heterocycles. The third-order valence-corrected chi connectivity index (χ3v) is 5.07. The summed E-state index contributed by atoms with van der Waals surface area (Å²) >= 11 is 3.34. The quantitative estimate of drug-likeness (QED) is 0.183. The highest BCUT2D eigenvalue weighted by molar-refractivity contribution is 9.10. The summed E-state index contributed by atoms with van der Waals surface area (Å²) < 4.78 is 6.18. The number of carbonyl (C=O) groups excluding carboxylic acids is 2. The summed E-state index contributed by atoms with van der Waals surface area (Å²) in [5.41, 5.74) is 1.29. The average Bonchev–Trinajstić information content (AvgIpc) is 2.82. The number of ether oxygens (including phenoxy) is 1. The van der Waals surface area contributed by atoms with Crippen molar-refractivity contribution in [3.63, 3.8) is 0 Å². The van der Waals surface area contributed by atoms with Crippen LogP contribution in [-0.4, -0.2) is 40.5 Å². The first-order chi connectivity index (χ1) is 17.0. The lowest BCUT2D eigenvalue weighted by atomic mass is 10.0. The number of hydrogen-bond acceptors (Lipinski definition) is 8. The molecule has 2 amide bonds. The van der Waals surface area contributed by atoms with Crippen molar-refractivity contribution in [1.82, 2.24) is 10.7 Å². The van der Waals surface area contributed by atoms with E-state index in [0.717, 1.165) is 22.7 Å². The molecule has 36 heavy (non-hydrogen) atoms. The number of nitrogens with one attached hydrogen (secondary N) is 2. The van der Waals surface area contributed by atoms with Crippen molar-refractivity contribution in [2.24, 2.45) is 11.0 Å². The molecular formula is C23H22BrN5O7. The van der Waals surface area contributed by atoms with Crippen LogP contribution in [0.5, 0.6) is 5.75 Å². The number of amides is 2. The second kappa shape index (κ2) is 13.0. The number of hydrazone groups is 1. The van der Waals surface area contributed by atoms with E-state index >= 15 is 0 Å². The fourth-order valence-corrected chi connectivity index (χ4v) is 3.37. The summed E-state index contributed by atoms with van der Waals surface area (Å²) in [7, 11) is 0. The predicted molar refractivity (Wildman–Crippen MR) is 135 cm³/mol. The van der Waals surface area contributed by atoms with E-state index in [1.54, 1.807) is 18.2 Å². The molecule has 1 atom stereocenters. The highest BCUT2D eigenvalue weighted by Crippen LogP contribution is 2.23. The number of terminal acetylenes is 1. The lowest BCUT2D eigenvalue weighted by Crippen LogP contribution is -2.46. The van der Waals surface area contributed by atoms with Gasteiger partial charge in [0.2, 0.25) is 0 Å². The second-order valence-electron chi connectivity index (χ2n) is 7.82. The van der Waals surface area contributed by atoms with Gasteiger partial charge in [0.05, 0.1) is 27.7 Å². The lowest BCUT2D eigenvalue weighted by molar-refractivity contribution is -0.394. The van der Waals surface area contributed by atoms with Crippen LogP contribution in [0.2, 0.25) is 0 Å². The Balaban J connectivity index is 2.22. The smallest absolute Gasteiger partial charge is 0.277 e. The monoisotopic (exact) mass is 559 g/mol. The van der Waals surface area contributed by atoms with Crippen LogP contribution >= 0.6 is 15.9 Å². The average molecular weight is 560 g/mol. The van der Waals surface area contributed by atoms with Gasteiger partial charge in [0.1, 0.15) is 18.4 Å². The minimum atomic E-state index is -1.08. The van der Waals surface area contributed by atoms with Crippen molar-refractivity contribution >= 4 is 45.3 Å². The molecule has 13 heteroatoms. The summed E-state index contributed by atoms with van der Waals surface area (Å²) in [5.74, 6) is 1.22. The van der Waals surface area contributed by atoms with Crippen molar-refractivity contribution in [2.45, 2.75) is 26.3 Å². The zero-order chi connectivity index (χ0) is 26.8. The summed E-state index contributed by atoms with van der Waals surface area (Å²) in [6, 6.07) is 6.58. The summed E-state index contributed by atoms with van der Waals surface area (Å²) in [6.45, 7) is 3.68. The van der Waals surface area contributed by atoms with Crippen molar-refractivity contribution in [3.05, 3.63) is 72.2 Å². The Morgan fingerprint density at radius 2 is 1.81 bits per heavy atom. The third-order valence-electron chi connectivity index (χ3n) is 4.58. The van der Waals surface area contributed by atoms with Crippen LogP contribution in [0.1, 0.15) is 36.2 Å². The van der Waals surface area contributed by atoms with Crippen LogP contribution in [0.25, 0.3) is 0 Å². The van der Waals surface area contributed by atoms with Crippen LogP contribution in [-0.2, 0) is 4.79 Å². The zero-order valence-corrected chi connectivity index (χ0v) is 20.9. The van der Waals surface area contributed by atoms with Gasteiger partial charge < -0.3 is 10.1 Å². The van der Waals surface area contributed by atoms with E-state index in [2.05, 4.69) is 37.7 Å². The van der Waals surface area contributed by atoms with E-state index in [0.29, 0.717) is 11.3 Å². The van der Waals surface area contributed by atoms with Crippen LogP contribution < -0.4 is 15.5 Å². The number of nitrogens with zero attached hydrogens (tertiary/aromatic N) is 3. The Kier molecular flexibility index (Phi) is 10.1. The van der Waals surface area contributed by atoms with Crippen LogP contribution in [0.15, 0.2) is 46.0 Å². The van der Waals surface area contributed by atoms with E-state index < -0.39 is 39.1 Å². The molecule has 12 nitrogen and oxygen atoms in total. The zero-order valence-electron chi connectivity index (χ0n) is 19.3. The van der Waals surface area contributed by atoms with Crippen molar-refractivity contribution < 1.29 is 24.2 Å². The molecule has 0 saturated heterocycles. The molecular weight excluding hydrogens is 538 g/mol. The number of hydrogen-bond donors (Lipinski definition) is 2. The van der Waals surface area contributed by atoms with E-state index in [4.69, 9.17) is 11.2 Å². The summed E-state index contributed by atoms with van der Waals surface area (Å²) in [4.78, 5) is 46.1. The van der Waals surface area contributed by atoms with Gasteiger partial charge in [-0.2, -0.15) is 5.10 Å². The lowest BCUT2D eigenvalue weighted by Gasteiger charge is -2.19. The number of nitro benzene ring substituents is 2. The second-order valence-corrected chi connectivity index (χ2v) is 8.73. The number of carbonyl (C=O) groups is 2. The Hall–Kier alpha value is -4.31. The maximum atomic E-state index is 12.8. The number of nitro groups is 2. The molecule has 0 bridgehead atoms. The van der Waals surface area contributed by atoms with Gasteiger partial charge in [-0.05, 0) is 30.5 Å². The highest BCUT2D eigenvalue weighted by atomic mass is 79.9. The molecule has 2 rings (SSSR count). The van der Waals surface area contributed by atoms with Gasteiger partial charge in [-0.25, -0.2) is 5.43 Å². The van der Waals surface area contributed by atoms with E-state index in [1.165, 1.54) is 6.21 Å². The molecule has 0 aliphatic carbocycles. The third kappa shape index (κ3) is 8.17. The fraction of sp³-hybridized carbons (Fsp3) is 0.261. The maximum Gasteiger partial charge on any atom is 0.277 e. The molecule has 0 radical (unpaired) electrons. The van der Waals surface area contributed by atoms with E-state index in [-0.39, 0.29) is 24.5 Å². The van der Waals surface area contributed by atoms with Crippen molar-refractivity contribution in [2.75, 3.05) is 6.61 Å². The molecule has 0 aromatic heterocycles. The molecule has 0 heterocycles. The molecule has 2 aromatic carbocycles. The summed E-state index contributed by atoms with van der Waals surface area (Å²) in [5, 5.41) is 28.6. The first kappa shape index (κ1) is 27.9. The predicted octanol–water partition coefficient (Wildman–Crippen LogP) is 3.57. The van der Waals surface area contributed by atoms with Gasteiger partial charge in [-0.1, -0.05) is 35.7 Å². The molecule has 0 unspecified atom stereocenters. The van der Waals surface area contributed by atoms with Gasteiger partial charge in [0, 0.05) is 22.2 Å². The highest BCUT2D eigenvalue weighted by Gasteiger charge is 2.25. The number of non-ortho nitro benzene ring substituents is 2. The molecule has 0 aliphatic rings. The largest absolute Gasteiger partial charge is 0.480 e. The SMILES string of the molecule is C#CCOc1ccc(Br)cc1/C=N\NC(=O)[C@@H](CC(C)C)NC(=O)c1cc([N+](=O)[O-])cc([N+](=O)[O-])c1. The molecule has 188 valence electrons. The maximum absolute atomic E-state index is 12.8. The topological polar surface area (TPSA) is 166 Å². The molecule has 2 aromatic rings. The first-order valence-corrected chi connectivity index (χ1v) is 11.2. The normalized spacial score (nSPS) is 11.5. The van der Waals surface area contributed by atoms with Gasteiger partial charge >= 0.3 is 0 Å². The van der Waals surface area contributed by atoms with Gasteiger partial charge in [-0.15, -0.1) is 6.42 Å². The van der Waals surface area contributed by atoms with Crippen molar-refractivity contribution in [3.8, 4) is 18.1 Å². The van der Waals surface area contributed by atoms with E-state index in [9.17, 15) is 29.8 Å². The van der Waals surface area contributed by atoms with Crippen LogP contribution in [0.4, 0.5) is 11.4 Å². The Morgan fingerprint density at radius 3 is 2.36 bits per heavy atom. The Labute approximate surface area is 214 Å². The van der Waals surface area contributed by atoms with Crippen LogP contribution in [0.3, 0.4) is 0 Å². The summed E-state index contributed by atoms with van der Waals surface area (Å²) in [6.07, 6.45) is 6.77. The Morgan fingerprint density at radius 1 is 1.17 bits per heavy atom. The van der Waals surface area contributed by atoms with E-state index in [1.807, 2.05) is 13.8 Å². The van der Waals surface area contributed by atoms with Crippen molar-refractivity contribution in [1.29, 1.82) is 0 Å². The van der Waals surface area contributed by atoms with Gasteiger partial charge in [0.15, 0.2) is 0 Å². The van der Waals surface area contributed by atoms with Gasteiger partial charge in [0.25, 0.3) is 23.2 Å². The Bertz CT molecular complexity index is 1210. The number of rotatable bonds is 11. The minimum absolute atomic E-state index is 0.0293. The minimum Gasteiger partial charge on any atom is -0.480 e. The van der Waals surface area contributed by atoms with Crippen LogP contribution in [0, 0.1) is 38.5 Å². The molecule has 0 saturated carbocycles. The first-order valence-electron chi connectivity index (χ1n) is 10.4. The number of halogens is 1. The standard InChI is InChI=1S/C23H22BrN5O7/c1-4-7-36-21-6-5-17(24)9-16(21)13-25-27-23(31)20(8-14(2)3)26-22(30)15-10-18(28(32)33)12-19(11-15)29(34)35/h1,5-6,9-14,20H,7-8H2,2-3H3,(H,26,30)(H,27,31)/b25-13-/t20-/m1/s1. The fourth-order valence-electron chi connectivity index (χ4n) is 3.00. The number of benzene rings is 2.